The summed E-state index contributed by atoms with van der Waals surface area (Å²) in [6, 6.07) is 3.24. The molecule has 1 aromatic rings. The standard InChI is InChI=1S/C12H11F3O2/c1-17-10-3-2-8(12(13,14)15)6-9(10)11(7-16)4-5-11/h2-3,6-7H,4-5H2,1H3. The number of carbonyl (C=O) groups excluding carboxylic acids is 1. The third-order valence-electron chi connectivity index (χ3n) is 3.08. The van der Waals surface area contributed by atoms with Crippen LogP contribution in [-0.2, 0) is 16.4 Å². The van der Waals surface area contributed by atoms with Crippen molar-refractivity contribution in [2.24, 2.45) is 0 Å². The average Bonchev–Trinajstić information content (AvgIpc) is 3.08. The van der Waals surface area contributed by atoms with Crippen molar-refractivity contribution >= 4 is 6.29 Å². The number of rotatable bonds is 3. The maximum absolute atomic E-state index is 12.6. The second-order valence-electron chi connectivity index (χ2n) is 4.19. The molecule has 5 heteroatoms. The van der Waals surface area contributed by atoms with Crippen LogP contribution < -0.4 is 4.74 Å². The van der Waals surface area contributed by atoms with E-state index in [2.05, 4.69) is 0 Å². The van der Waals surface area contributed by atoms with Crippen molar-refractivity contribution in [3.8, 4) is 5.75 Å². The summed E-state index contributed by atoms with van der Waals surface area (Å²) in [4.78, 5) is 11.0. The predicted octanol–water partition coefficient (Wildman–Crippen LogP) is 2.94. The fourth-order valence-corrected chi connectivity index (χ4v) is 1.86. The van der Waals surface area contributed by atoms with E-state index < -0.39 is 17.2 Å². The number of hydrogen-bond acceptors (Lipinski definition) is 2. The van der Waals surface area contributed by atoms with E-state index in [1.807, 2.05) is 0 Å². The van der Waals surface area contributed by atoms with Gasteiger partial charge in [0.05, 0.1) is 18.1 Å². The molecule has 0 spiro atoms. The van der Waals surface area contributed by atoms with Crippen LogP contribution in [0.5, 0.6) is 5.75 Å². The van der Waals surface area contributed by atoms with Crippen molar-refractivity contribution in [2.45, 2.75) is 24.4 Å². The molecule has 0 N–H and O–H groups in total. The molecule has 0 atom stereocenters. The molecular weight excluding hydrogens is 233 g/mol. The highest BCUT2D eigenvalue weighted by atomic mass is 19.4. The molecule has 1 aliphatic carbocycles. The number of methoxy groups -OCH3 is 1. The third-order valence-corrected chi connectivity index (χ3v) is 3.08. The Hall–Kier alpha value is -1.52. The average molecular weight is 244 g/mol. The lowest BCUT2D eigenvalue weighted by Crippen LogP contribution is -2.13. The molecule has 1 fully saturated rings. The summed E-state index contributed by atoms with van der Waals surface area (Å²) in [6.07, 6.45) is -2.53. The predicted molar refractivity (Wildman–Crippen MR) is 55.0 cm³/mol. The van der Waals surface area contributed by atoms with E-state index in [0.29, 0.717) is 30.4 Å². The van der Waals surface area contributed by atoms with Gasteiger partial charge in [-0.3, -0.25) is 0 Å². The zero-order valence-corrected chi connectivity index (χ0v) is 9.17. The molecule has 0 saturated heterocycles. The minimum Gasteiger partial charge on any atom is -0.496 e. The van der Waals surface area contributed by atoms with Crippen LogP contribution in [0, 0.1) is 0 Å². The number of aldehydes is 1. The first-order chi connectivity index (χ1) is 7.93. The van der Waals surface area contributed by atoms with Crippen LogP contribution in [-0.4, -0.2) is 13.4 Å². The number of carbonyl (C=O) groups is 1. The van der Waals surface area contributed by atoms with E-state index in [-0.39, 0.29) is 0 Å². The molecule has 1 saturated carbocycles. The Labute approximate surface area is 96.4 Å². The Balaban J connectivity index is 2.52. The smallest absolute Gasteiger partial charge is 0.416 e. The van der Waals surface area contributed by atoms with Gasteiger partial charge in [0.2, 0.25) is 0 Å². The van der Waals surface area contributed by atoms with Crippen molar-refractivity contribution in [3.63, 3.8) is 0 Å². The minimum absolute atomic E-state index is 0.336. The van der Waals surface area contributed by atoms with Gasteiger partial charge in [-0.05, 0) is 31.0 Å². The van der Waals surface area contributed by atoms with E-state index in [4.69, 9.17) is 4.74 Å². The lowest BCUT2D eigenvalue weighted by molar-refractivity contribution is -0.137. The first-order valence-electron chi connectivity index (χ1n) is 5.15. The Morgan fingerprint density at radius 1 is 1.35 bits per heavy atom. The van der Waals surface area contributed by atoms with Gasteiger partial charge in [0.15, 0.2) is 0 Å². The number of halogens is 3. The molecule has 0 radical (unpaired) electrons. The van der Waals surface area contributed by atoms with Crippen LogP contribution in [0.15, 0.2) is 18.2 Å². The molecule has 0 amide bonds. The molecule has 0 heterocycles. The second kappa shape index (κ2) is 3.75. The molecule has 2 nitrogen and oxygen atoms in total. The Morgan fingerprint density at radius 2 is 2.00 bits per heavy atom. The molecule has 2 rings (SSSR count). The van der Waals surface area contributed by atoms with Crippen molar-refractivity contribution in [3.05, 3.63) is 29.3 Å². The Bertz CT molecular complexity index is 448. The highest BCUT2D eigenvalue weighted by Gasteiger charge is 2.47. The molecule has 1 aliphatic rings. The van der Waals surface area contributed by atoms with E-state index in [1.54, 1.807) is 0 Å². The van der Waals surface area contributed by atoms with Gasteiger partial charge >= 0.3 is 6.18 Å². The quantitative estimate of drug-likeness (QED) is 0.764. The highest BCUT2D eigenvalue weighted by molar-refractivity contribution is 5.75. The Kier molecular flexibility index (Phi) is 2.64. The minimum atomic E-state index is -4.40. The van der Waals surface area contributed by atoms with E-state index in [0.717, 1.165) is 12.1 Å². The Morgan fingerprint density at radius 3 is 2.41 bits per heavy atom. The van der Waals surface area contributed by atoms with Gasteiger partial charge in [0.25, 0.3) is 0 Å². The summed E-state index contributed by atoms with van der Waals surface area (Å²) in [5, 5.41) is 0. The lowest BCUT2D eigenvalue weighted by Gasteiger charge is -2.16. The second-order valence-corrected chi connectivity index (χ2v) is 4.19. The van der Waals surface area contributed by atoms with Gasteiger partial charge in [-0.25, -0.2) is 0 Å². The number of benzene rings is 1. The number of alkyl halides is 3. The summed E-state index contributed by atoms with van der Waals surface area (Å²) in [7, 11) is 1.38. The molecule has 92 valence electrons. The van der Waals surface area contributed by atoms with Crippen LogP contribution in [0.4, 0.5) is 13.2 Å². The first-order valence-corrected chi connectivity index (χ1v) is 5.15. The van der Waals surface area contributed by atoms with E-state index in [1.165, 1.54) is 13.2 Å². The topological polar surface area (TPSA) is 26.3 Å². The van der Waals surface area contributed by atoms with Crippen LogP contribution in [0.1, 0.15) is 24.0 Å². The lowest BCUT2D eigenvalue weighted by atomic mass is 9.94. The normalized spacial score (nSPS) is 17.6. The van der Waals surface area contributed by atoms with E-state index in [9.17, 15) is 18.0 Å². The maximum Gasteiger partial charge on any atom is 0.416 e. The van der Waals surface area contributed by atoms with Crippen LogP contribution >= 0.6 is 0 Å². The monoisotopic (exact) mass is 244 g/mol. The van der Waals surface area contributed by atoms with Crippen molar-refractivity contribution in [1.82, 2.24) is 0 Å². The molecule has 0 bridgehead atoms. The summed E-state index contributed by atoms with van der Waals surface area (Å²) in [6.45, 7) is 0. The van der Waals surface area contributed by atoms with Gasteiger partial charge in [0.1, 0.15) is 12.0 Å². The SMILES string of the molecule is COc1ccc(C(F)(F)F)cc1C1(C=O)CC1. The molecular formula is C12H11F3O2. The number of hydrogen-bond donors (Lipinski definition) is 0. The van der Waals surface area contributed by atoms with Crippen molar-refractivity contribution in [1.29, 1.82) is 0 Å². The molecule has 17 heavy (non-hydrogen) atoms. The van der Waals surface area contributed by atoms with Crippen LogP contribution in [0.2, 0.25) is 0 Å². The van der Waals surface area contributed by atoms with Gasteiger partial charge in [-0.15, -0.1) is 0 Å². The zero-order chi connectivity index (χ0) is 12.7. The van der Waals surface area contributed by atoms with Gasteiger partial charge in [-0.1, -0.05) is 0 Å². The fourth-order valence-electron chi connectivity index (χ4n) is 1.86. The van der Waals surface area contributed by atoms with Gasteiger partial charge < -0.3 is 9.53 Å². The largest absolute Gasteiger partial charge is 0.496 e. The van der Waals surface area contributed by atoms with Gasteiger partial charge in [0, 0.05) is 5.56 Å². The summed E-state index contributed by atoms with van der Waals surface area (Å²) in [5.41, 5.74) is -1.18. The molecule has 1 aromatic carbocycles. The first kappa shape index (κ1) is 12.0. The van der Waals surface area contributed by atoms with E-state index >= 15 is 0 Å². The van der Waals surface area contributed by atoms with Crippen LogP contribution in [0.3, 0.4) is 0 Å². The van der Waals surface area contributed by atoms with Crippen LogP contribution in [0.25, 0.3) is 0 Å². The summed E-state index contributed by atoms with van der Waals surface area (Å²) < 4.78 is 42.8. The molecule has 0 aromatic heterocycles. The zero-order valence-electron chi connectivity index (χ0n) is 9.17. The highest BCUT2D eigenvalue weighted by Crippen LogP contribution is 2.50. The van der Waals surface area contributed by atoms with Crippen molar-refractivity contribution < 1.29 is 22.7 Å². The maximum atomic E-state index is 12.6. The number of ether oxygens (including phenoxy) is 1. The summed E-state index contributed by atoms with van der Waals surface area (Å²) in [5.74, 6) is 0.336. The molecule has 0 unspecified atom stereocenters. The third kappa shape index (κ3) is 2.01. The summed E-state index contributed by atoms with van der Waals surface area (Å²) >= 11 is 0. The fraction of sp³-hybridized carbons (Fsp3) is 0.417. The van der Waals surface area contributed by atoms with Crippen molar-refractivity contribution in [2.75, 3.05) is 7.11 Å². The van der Waals surface area contributed by atoms with Gasteiger partial charge in [-0.2, -0.15) is 13.2 Å². The molecule has 0 aliphatic heterocycles.